The van der Waals surface area contributed by atoms with Crippen molar-refractivity contribution in [3.05, 3.63) is 348 Å². The van der Waals surface area contributed by atoms with Crippen LogP contribution in [0.4, 0.5) is 62.6 Å². The fourth-order valence-electron chi connectivity index (χ4n) is 17.5. The highest BCUT2D eigenvalue weighted by Crippen LogP contribution is 2.44. The third kappa shape index (κ3) is 22.7. The minimum Gasteiger partial charge on any atom is -0.497 e. The number of allylic oxidation sites excluding steroid dienone is 2. The van der Waals surface area contributed by atoms with Crippen LogP contribution in [0.3, 0.4) is 0 Å². The zero-order valence-electron chi connectivity index (χ0n) is 84.0. The van der Waals surface area contributed by atoms with Gasteiger partial charge in [0.1, 0.15) is 75.4 Å². The second-order valence-electron chi connectivity index (χ2n) is 36.8. The Morgan fingerprint density at radius 2 is 0.704 bits per heavy atom. The van der Waals surface area contributed by atoms with E-state index >= 15 is 0 Å². The topological polar surface area (TPSA) is 143 Å². The van der Waals surface area contributed by atoms with Crippen LogP contribution in [0.15, 0.2) is 314 Å². The van der Waals surface area contributed by atoms with Crippen LogP contribution in [-0.4, -0.2) is 172 Å². The van der Waals surface area contributed by atoms with E-state index in [1.54, 1.807) is 28.4 Å². The summed E-state index contributed by atoms with van der Waals surface area (Å²) in [4.78, 5) is 6.27. The van der Waals surface area contributed by atoms with Crippen molar-refractivity contribution < 1.29 is 47.2 Å². The third-order valence-electron chi connectivity index (χ3n) is 25.8. The zero-order chi connectivity index (χ0) is 97.4. The highest BCUT2D eigenvalue weighted by molar-refractivity contribution is 7.21. The molecule has 696 valence electrons. The molecule has 135 heavy (non-hydrogen) atoms. The van der Waals surface area contributed by atoms with Crippen molar-refractivity contribution in [2.45, 2.75) is 90.9 Å². The molecular weight excluding hydrogens is 1690 g/mol. The normalized spacial score (nSPS) is 14.2. The number of methoxy groups -OCH3 is 4. The number of benzene rings is 12. The summed E-state index contributed by atoms with van der Waals surface area (Å²) < 4.78 is 33.6. The highest BCUT2D eigenvalue weighted by Gasteiger charge is 2.47. The Kier molecular flexibility index (Phi) is 32.0. The van der Waals surface area contributed by atoms with Gasteiger partial charge in [0.2, 0.25) is 45.4 Å². The number of nitrogens with two attached hydrogens (primary N) is 1. The van der Waals surface area contributed by atoms with Crippen molar-refractivity contribution in [2.75, 3.05) is 148 Å². The number of anilines is 7. The summed E-state index contributed by atoms with van der Waals surface area (Å²) in [5.74, 6) is 3.22. The molecule has 4 aliphatic heterocycles. The van der Waals surface area contributed by atoms with Crippen molar-refractivity contribution >= 4 is 125 Å². The van der Waals surface area contributed by atoms with Gasteiger partial charge < -0.3 is 44.3 Å². The van der Waals surface area contributed by atoms with Gasteiger partial charge in [-0.05, 0) is 226 Å². The van der Waals surface area contributed by atoms with Crippen molar-refractivity contribution in [2.24, 2.45) is 17.3 Å². The molecule has 1 aromatic heterocycles. The van der Waals surface area contributed by atoms with Gasteiger partial charge in [0.15, 0.2) is 11.4 Å². The van der Waals surface area contributed by atoms with Crippen LogP contribution >= 0.6 is 11.3 Å². The summed E-state index contributed by atoms with van der Waals surface area (Å²) in [7, 11) is 33.4. The minimum atomic E-state index is -0.0599. The van der Waals surface area contributed by atoms with E-state index in [9.17, 15) is 0 Å². The molecule has 4 N–H and O–H groups in total. The second kappa shape index (κ2) is 43.5. The summed E-state index contributed by atoms with van der Waals surface area (Å²) in [6, 6.07) is 96.1. The molecule has 0 amide bonds. The first-order valence-electron chi connectivity index (χ1n) is 45.6. The molecule has 17 rings (SSSR count). The summed E-state index contributed by atoms with van der Waals surface area (Å²) in [5.41, 5.74) is 30.9. The molecule has 5 heterocycles. The molecule has 13 aromatic rings. The van der Waals surface area contributed by atoms with E-state index in [0.29, 0.717) is 0 Å². The Morgan fingerprint density at radius 1 is 0.363 bits per heavy atom. The Bertz CT molecular complexity index is 6560. The average molecular weight is 1830 g/mol. The van der Waals surface area contributed by atoms with E-state index in [-0.39, 0.29) is 21.7 Å². The maximum absolute atomic E-state index is 6.26. The van der Waals surface area contributed by atoms with Crippen molar-refractivity contribution in [1.82, 2.24) is 0 Å². The van der Waals surface area contributed by atoms with E-state index in [1.807, 2.05) is 155 Å². The first-order valence-corrected chi connectivity index (χ1v) is 46.4. The predicted molar refractivity (Wildman–Crippen MR) is 571 cm³/mol. The molecule has 4 aliphatic rings. The maximum atomic E-state index is 6.26. The first kappa shape index (κ1) is 99.5. The average Bonchev–Trinajstić information content (AvgIpc) is 1.61. The molecule has 0 saturated heterocycles. The van der Waals surface area contributed by atoms with Gasteiger partial charge in [0.25, 0.3) is 5.01 Å². The van der Waals surface area contributed by atoms with Crippen LogP contribution < -0.4 is 64.3 Å². The number of hydrogen-bond acceptors (Lipinski definition) is 14. The van der Waals surface area contributed by atoms with Crippen LogP contribution in [-0.2, 0) is 28.7 Å². The van der Waals surface area contributed by atoms with Gasteiger partial charge in [-0.15, -0.1) is 0 Å². The molecule has 0 spiro atoms. The number of nitrogens with one attached hydrogen (secondary N) is 2. The quantitative estimate of drug-likeness (QED) is 0.0339. The van der Waals surface area contributed by atoms with Crippen LogP contribution in [0.5, 0.6) is 23.0 Å². The smallest absolute Gasteiger partial charge is 0.269 e. The van der Waals surface area contributed by atoms with Gasteiger partial charge in [0, 0.05) is 173 Å². The van der Waals surface area contributed by atoms with Gasteiger partial charge >= 0.3 is 0 Å². The second-order valence-corrected chi connectivity index (χ2v) is 37.9. The molecule has 0 atom stereocenters. The number of aromatic nitrogens is 1. The molecule has 12 aromatic carbocycles. The number of para-hydroxylation sites is 4. The third-order valence-corrected chi connectivity index (χ3v) is 27.0. The van der Waals surface area contributed by atoms with Crippen molar-refractivity contribution in [1.29, 1.82) is 0 Å². The fraction of sp³-hybridized carbons (Fsp3) is 0.270. The number of ether oxygens (including phenoxy) is 4. The molecule has 0 bridgehead atoms. The molecule has 19 nitrogen and oxygen atoms in total. The van der Waals surface area contributed by atoms with Crippen LogP contribution in [0.1, 0.15) is 99.9 Å². The molecule has 0 aliphatic carbocycles. The molecule has 0 saturated carbocycles. The van der Waals surface area contributed by atoms with Crippen LogP contribution in [0.2, 0.25) is 0 Å². The van der Waals surface area contributed by atoms with E-state index in [0.717, 1.165) is 62.6 Å². The molecule has 0 fully saturated rings. The summed E-state index contributed by atoms with van der Waals surface area (Å²) in [6.07, 6.45) is 12.2. The van der Waals surface area contributed by atoms with E-state index < -0.39 is 0 Å². The van der Waals surface area contributed by atoms with Crippen LogP contribution in [0.25, 0.3) is 20.8 Å². The largest absolute Gasteiger partial charge is 0.497 e. The van der Waals surface area contributed by atoms with E-state index in [1.165, 1.54) is 117 Å². The standard InChI is InChI=1S/C21H24N2O2.C20H24N3O.C20H24N3.C20H22N2O.C17H21N3.C17H19N2S/c1-21(2)16-8-6-7-9-18(16)23(3)20(21)12-13-22-17-11-10-15(24-4)14-19(17)25-5;1-20(2)17-8-6-7-9-18(17)22(3)19(20)14-21-23(4)15-10-12-16(24-5)13-11-15;1-15-10-12-16(13-11-15)23(5)21-14-19-20(2,3)17-8-6-7-9-18(17)22(19)4;1-20(2)17-7-5-6-8-18(17)22(3)19(20)13-14-21-15-9-11-16(23-4)12-10-15;1-19(2)15-9-5-13(6-10-15)17(18)14-7-11-16(12-8-14)20(3)4;1-12-5-10-15-16(11-12)20-17(19(15)4)13-6-8-14(9-7-13)18(2)3/h6-14H,1-5H3;6-14H,1-5H3;6-14H,1-5H3;5-14H,1-4H3;5-12,18H,1-4H3;5-11H,1-4H3/q;2*+1;;;+1/p+3. The lowest BCUT2D eigenvalue weighted by atomic mass is 9.81. The summed E-state index contributed by atoms with van der Waals surface area (Å²) in [5, 5.41) is 27.3. The SMILES string of the molecule is CN(C)c1ccc(C(=[NH2+])c2ccc(N(C)C)cc2)cc1.COc1ccc(N(C)/N=C/C2=[N+](C)c3ccccc3C2(C)C)cc1.COc1ccc(N/C=C/C2=[N+](C)c3ccccc3C2(C)C)c(OC)c1.COc1ccc(N/C=C/C2=[N+](C)c3ccccc3C2(C)C)cc1.Cc1ccc(N(C)/N=C/C2=[N+](C)c3ccccc3C2(C)C)cc1.Cc1ccc2c(c1)sc(-c1ccc(N(C)C)cc1)[n+]2C. The lowest BCUT2D eigenvalue weighted by Gasteiger charge is -2.16. The number of nitrogens with zero attached hydrogens (tertiary/aromatic N) is 12. The number of hydrogen-bond donors (Lipinski definition) is 3. The minimum absolute atomic E-state index is 0.00340. The number of aryl methyl sites for hydroxylation is 3. The monoisotopic (exact) mass is 1820 g/mol. The number of rotatable bonds is 22. The summed E-state index contributed by atoms with van der Waals surface area (Å²) in [6.45, 7) is 22.3. The Labute approximate surface area is 805 Å². The maximum Gasteiger partial charge on any atom is 0.269 e. The lowest BCUT2D eigenvalue weighted by molar-refractivity contribution is -0.629. The number of hydrazone groups is 2. The highest BCUT2D eigenvalue weighted by atomic mass is 32.1. The van der Waals surface area contributed by atoms with E-state index in [4.69, 9.17) is 24.4 Å². The van der Waals surface area contributed by atoms with Crippen molar-refractivity contribution in [3.63, 3.8) is 0 Å². The lowest BCUT2D eigenvalue weighted by Crippen LogP contribution is -2.41. The number of fused-ring (bicyclic) bond motifs is 5. The first-order chi connectivity index (χ1) is 64.4. The van der Waals surface area contributed by atoms with Gasteiger partial charge in [-0.3, -0.25) is 15.4 Å². The fourth-order valence-corrected chi connectivity index (χ4v) is 18.8. The Morgan fingerprint density at radius 3 is 1.09 bits per heavy atom. The predicted octanol–water partition coefficient (Wildman–Crippen LogP) is 21.8. The number of thiazole rings is 1. The zero-order valence-corrected chi connectivity index (χ0v) is 84.8. The van der Waals surface area contributed by atoms with Crippen molar-refractivity contribution in [3.8, 4) is 33.6 Å². The summed E-state index contributed by atoms with van der Waals surface area (Å²) >= 11 is 1.85. The van der Waals surface area contributed by atoms with Gasteiger partial charge in [-0.1, -0.05) is 108 Å². The van der Waals surface area contributed by atoms with Crippen LogP contribution in [0, 0.1) is 13.8 Å². The molecule has 0 radical (unpaired) electrons. The Balaban J connectivity index is 0.000000146. The molecule has 20 heteroatoms. The van der Waals surface area contributed by atoms with Gasteiger partial charge in [-0.25, -0.2) is 0 Å². The van der Waals surface area contributed by atoms with Gasteiger partial charge in [0.05, 0.1) is 72.7 Å². The Hall–Kier alpha value is -14.5. The molecule has 0 unspecified atom stereocenters. The molecular formula is C115H137N15O4S+6. The van der Waals surface area contributed by atoms with Gasteiger partial charge in [-0.2, -0.15) is 33.1 Å². The van der Waals surface area contributed by atoms with E-state index in [2.05, 4.69) is 401 Å².